The van der Waals surface area contributed by atoms with Gasteiger partial charge in [-0.25, -0.2) is 0 Å². The monoisotopic (exact) mass is 483 g/mol. The average molecular weight is 484 g/mol. The lowest BCUT2D eigenvalue weighted by Gasteiger charge is -2.30. The number of para-hydroxylation sites is 1. The Bertz CT molecular complexity index is 1390. The minimum Gasteiger partial charge on any atom is -0.361 e. The highest BCUT2D eigenvalue weighted by atomic mass is 35.5. The molecule has 0 radical (unpaired) electrons. The fourth-order valence-electron chi connectivity index (χ4n) is 4.61. The number of rotatable bonds is 6. The highest BCUT2D eigenvalue weighted by Crippen LogP contribution is 2.24. The van der Waals surface area contributed by atoms with Crippen LogP contribution in [0.2, 0.25) is 5.02 Å². The van der Waals surface area contributed by atoms with Gasteiger partial charge < -0.3 is 15.2 Å². The zero-order chi connectivity index (χ0) is 24.2. The van der Waals surface area contributed by atoms with Crippen LogP contribution in [-0.2, 0) is 11.2 Å². The SMILES string of the molecule is O=C(N[C@H](Cc1c[nH]c2ccccc12)C(=O)N1CC=C(c2ccccc2)CC1)c1ccccc1Cl. The van der Waals surface area contributed by atoms with Crippen LogP contribution >= 0.6 is 11.6 Å². The Morgan fingerprint density at radius 2 is 1.71 bits per heavy atom. The van der Waals surface area contributed by atoms with Gasteiger partial charge in [-0.3, -0.25) is 9.59 Å². The van der Waals surface area contributed by atoms with E-state index in [-0.39, 0.29) is 11.8 Å². The minimum absolute atomic E-state index is 0.0981. The van der Waals surface area contributed by atoms with Gasteiger partial charge in [-0.05, 0) is 41.3 Å². The standard InChI is InChI=1S/C29H26ClN3O2/c30-25-12-6-4-11-24(25)28(34)32-27(18-22-19-31-26-13-7-5-10-23(22)26)29(35)33-16-14-21(15-17-33)20-8-2-1-3-9-20/h1-14,19,27,31H,15-18H2,(H,32,34)/t27-/m1/s1. The fraction of sp³-hybridized carbons (Fsp3) is 0.172. The number of nitrogens with one attached hydrogen (secondary N) is 2. The van der Waals surface area contributed by atoms with Crippen molar-refractivity contribution in [3.8, 4) is 0 Å². The third-order valence-electron chi connectivity index (χ3n) is 6.49. The van der Waals surface area contributed by atoms with E-state index in [9.17, 15) is 9.59 Å². The summed E-state index contributed by atoms with van der Waals surface area (Å²) in [6.45, 7) is 1.11. The summed E-state index contributed by atoms with van der Waals surface area (Å²) in [6.07, 6.45) is 5.17. The molecular formula is C29H26ClN3O2. The minimum atomic E-state index is -0.718. The third kappa shape index (κ3) is 5.00. The zero-order valence-corrected chi connectivity index (χ0v) is 20.0. The van der Waals surface area contributed by atoms with Crippen LogP contribution in [-0.4, -0.2) is 40.8 Å². The molecule has 1 atom stereocenters. The highest BCUT2D eigenvalue weighted by Gasteiger charge is 2.29. The third-order valence-corrected chi connectivity index (χ3v) is 6.82. The van der Waals surface area contributed by atoms with Crippen molar-refractivity contribution in [2.75, 3.05) is 13.1 Å². The first-order chi connectivity index (χ1) is 17.1. The van der Waals surface area contributed by atoms with Gasteiger partial charge in [-0.1, -0.05) is 78.3 Å². The van der Waals surface area contributed by atoms with Gasteiger partial charge in [0.25, 0.3) is 5.91 Å². The summed E-state index contributed by atoms with van der Waals surface area (Å²) in [5.41, 5.74) is 4.76. The first-order valence-electron chi connectivity index (χ1n) is 11.7. The zero-order valence-electron chi connectivity index (χ0n) is 19.2. The molecule has 0 unspecified atom stereocenters. The molecule has 1 aliphatic rings. The second-order valence-corrected chi connectivity index (χ2v) is 9.11. The molecule has 2 amide bonds. The molecule has 0 spiro atoms. The molecule has 5 nitrogen and oxygen atoms in total. The van der Waals surface area contributed by atoms with E-state index in [1.165, 1.54) is 11.1 Å². The van der Waals surface area contributed by atoms with Crippen LogP contribution in [0.5, 0.6) is 0 Å². The van der Waals surface area contributed by atoms with Crippen LogP contribution in [0.3, 0.4) is 0 Å². The van der Waals surface area contributed by atoms with Crippen molar-refractivity contribution in [2.45, 2.75) is 18.9 Å². The summed E-state index contributed by atoms with van der Waals surface area (Å²) in [4.78, 5) is 31.9. The Hall–Kier alpha value is -3.83. The maximum Gasteiger partial charge on any atom is 0.253 e. The fourth-order valence-corrected chi connectivity index (χ4v) is 4.83. The predicted octanol–water partition coefficient (Wildman–Crippen LogP) is 5.48. The summed E-state index contributed by atoms with van der Waals surface area (Å²) in [5, 5.41) is 4.37. The highest BCUT2D eigenvalue weighted by molar-refractivity contribution is 6.33. The van der Waals surface area contributed by atoms with Gasteiger partial charge in [-0.2, -0.15) is 0 Å². The molecule has 4 aromatic rings. The summed E-state index contributed by atoms with van der Waals surface area (Å²) in [7, 11) is 0. The number of amides is 2. The normalized spacial score (nSPS) is 14.4. The van der Waals surface area contributed by atoms with Gasteiger partial charge in [0.05, 0.1) is 10.6 Å². The van der Waals surface area contributed by atoms with Gasteiger partial charge in [0.1, 0.15) is 6.04 Å². The van der Waals surface area contributed by atoms with Crippen LogP contribution in [0.4, 0.5) is 0 Å². The molecule has 1 aliphatic heterocycles. The van der Waals surface area contributed by atoms with E-state index in [1.807, 2.05) is 53.6 Å². The predicted molar refractivity (Wildman–Crippen MR) is 140 cm³/mol. The molecule has 2 heterocycles. The van der Waals surface area contributed by atoms with Crippen molar-refractivity contribution in [3.05, 3.63) is 113 Å². The molecule has 176 valence electrons. The van der Waals surface area contributed by atoms with Gasteiger partial charge in [0.15, 0.2) is 0 Å². The molecule has 0 bridgehead atoms. The van der Waals surface area contributed by atoms with Gasteiger partial charge in [0, 0.05) is 36.6 Å². The lowest BCUT2D eigenvalue weighted by atomic mass is 9.98. The Kier molecular flexibility index (Phi) is 6.68. The average Bonchev–Trinajstić information content (AvgIpc) is 3.31. The van der Waals surface area contributed by atoms with Crippen LogP contribution in [0.25, 0.3) is 16.5 Å². The molecule has 5 rings (SSSR count). The Morgan fingerprint density at radius 1 is 0.971 bits per heavy atom. The van der Waals surface area contributed by atoms with Crippen molar-refractivity contribution < 1.29 is 9.59 Å². The smallest absolute Gasteiger partial charge is 0.253 e. The number of aromatic amines is 1. The van der Waals surface area contributed by atoms with Crippen LogP contribution in [0, 0.1) is 0 Å². The first kappa shape index (κ1) is 22.9. The van der Waals surface area contributed by atoms with Gasteiger partial charge >= 0.3 is 0 Å². The van der Waals surface area contributed by atoms with Crippen LogP contribution < -0.4 is 5.32 Å². The Balaban J connectivity index is 1.39. The van der Waals surface area contributed by atoms with Crippen molar-refractivity contribution >= 4 is 39.9 Å². The van der Waals surface area contributed by atoms with Crippen LogP contribution in [0.1, 0.15) is 27.9 Å². The van der Waals surface area contributed by atoms with Crippen molar-refractivity contribution in [1.29, 1.82) is 0 Å². The largest absolute Gasteiger partial charge is 0.361 e. The van der Waals surface area contributed by atoms with Gasteiger partial charge in [0.2, 0.25) is 5.91 Å². The van der Waals surface area contributed by atoms with Crippen LogP contribution in [0.15, 0.2) is 91.1 Å². The molecular weight excluding hydrogens is 458 g/mol. The number of carbonyl (C=O) groups is 2. The van der Waals surface area contributed by atoms with E-state index >= 15 is 0 Å². The number of fused-ring (bicyclic) bond motifs is 1. The lowest BCUT2D eigenvalue weighted by molar-refractivity contribution is -0.132. The van der Waals surface area contributed by atoms with E-state index in [0.29, 0.717) is 30.1 Å². The second kappa shape index (κ2) is 10.2. The lowest BCUT2D eigenvalue weighted by Crippen LogP contribution is -2.50. The number of hydrogen-bond donors (Lipinski definition) is 2. The number of hydrogen-bond acceptors (Lipinski definition) is 2. The number of halogens is 1. The molecule has 0 fully saturated rings. The van der Waals surface area contributed by atoms with E-state index in [4.69, 9.17) is 11.6 Å². The van der Waals surface area contributed by atoms with E-state index in [1.54, 1.807) is 24.3 Å². The maximum absolute atomic E-state index is 13.7. The number of H-pyrrole nitrogens is 1. The molecule has 35 heavy (non-hydrogen) atoms. The summed E-state index contributed by atoms with van der Waals surface area (Å²) < 4.78 is 0. The molecule has 0 saturated carbocycles. The number of benzene rings is 3. The van der Waals surface area contributed by atoms with Crippen molar-refractivity contribution in [3.63, 3.8) is 0 Å². The molecule has 2 N–H and O–H groups in total. The van der Waals surface area contributed by atoms with Crippen molar-refractivity contribution in [1.82, 2.24) is 15.2 Å². The quantitative estimate of drug-likeness (QED) is 0.381. The Labute approximate surface area is 209 Å². The van der Waals surface area contributed by atoms with E-state index in [2.05, 4.69) is 28.5 Å². The van der Waals surface area contributed by atoms with E-state index in [0.717, 1.165) is 22.9 Å². The molecule has 0 aliphatic carbocycles. The summed E-state index contributed by atoms with van der Waals surface area (Å²) in [5.74, 6) is -0.453. The Morgan fingerprint density at radius 3 is 2.49 bits per heavy atom. The maximum atomic E-state index is 13.7. The van der Waals surface area contributed by atoms with E-state index < -0.39 is 6.04 Å². The molecule has 0 saturated heterocycles. The first-order valence-corrected chi connectivity index (χ1v) is 12.1. The second-order valence-electron chi connectivity index (χ2n) is 8.70. The topological polar surface area (TPSA) is 65.2 Å². The molecule has 6 heteroatoms. The molecule has 1 aromatic heterocycles. The van der Waals surface area contributed by atoms with Gasteiger partial charge in [-0.15, -0.1) is 0 Å². The summed E-state index contributed by atoms with van der Waals surface area (Å²) in [6, 6.07) is 24.3. The summed E-state index contributed by atoms with van der Waals surface area (Å²) >= 11 is 6.26. The molecule has 3 aromatic carbocycles. The van der Waals surface area contributed by atoms with Crippen molar-refractivity contribution in [2.24, 2.45) is 0 Å². The number of nitrogens with zero attached hydrogens (tertiary/aromatic N) is 1. The number of aromatic nitrogens is 1. The number of carbonyl (C=O) groups excluding carboxylic acids is 2.